The van der Waals surface area contributed by atoms with Gasteiger partial charge in [0.15, 0.2) is 5.65 Å². The van der Waals surface area contributed by atoms with E-state index in [0.29, 0.717) is 0 Å². The molecule has 0 saturated heterocycles. The van der Waals surface area contributed by atoms with Crippen LogP contribution in [0.2, 0.25) is 0 Å². The minimum absolute atomic E-state index is 0.798. The number of aryl methyl sites for hydroxylation is 1. The third-order valence-corrected chi connectivity index (χ3v) is 3.37. The minimum atomic E-state index is 0.798. The zero-order valence-corrected chi connectivity index (χ0v) is 12.2. The molecule has 4 nitrogen and oxygen atoms in total. The molecule has 0 atom stereocenters. The first-order chi connectivity index (χ1) is 9.17. The SMILES string of the molecule is COc1ccc(Br)cc1-c1ccc2nc(C)cn2n1. The van der Waals surface area contributed by atoms with Crippen LogP contribution in [0.3, 0.4) is 0 Å². The van der Waals surface area contributed by atoms with Gasteiger partial charge in [0, 0.05) is 10.0 Å². The first-order valence-corrected chi connectivity index (χ1v) is 6.63. The standard InChI is InChI=1S/C14H12BrN3O/c1-9-8-18-14(16-9)6-4-12(17-18)11-7-10(15)3-5-13(11)19-2/h3-8H,1-2H3. The summed E-state index contributed by atoms with van der Waals surface area (Å²) in [5.74, 6) is 0.798. The summed E-state index contributed by atoms with van der Waals surface area (Å²) in [6.07, 6.45) is 1.91. The van der Waals surface area contributed by atoms with Crippen molar-refractivity contribution >= 4 is 21.6 Å². The third-order valence-electron chi connectivity index (χ3n) is 2.88. The van der Waals surface area contributed by atoms with Crippen LogP contribution >= 0.6 is 15.9 Å². The van der Waals surface area contributed by atoms with Gasteiger partial charge in [-0.1, -0.05) is 15.9 Å². The number of aromatic nitrogens is 3. The van der Waals surface area contributed by atoms with E-state index in [2.05, 4.69) is 26.0 Å². The molecule has 96 valence electrons. The van der Waals surface area contributed by atoms with Gasteiger partial charge < -0.3 is 4.74 Å². The first-order valence-electron chi connectivity index (χ1n) is 5.84. The molecule has 0 saturated carbocycles. The topological polar surface area (TPSA) is 39.4 Å². The summed E-state index contributed by atoms with van der Waals surface area (Å²) in [5.41, 5.74) is 3.59. The largest absolute Gasteiger partial charge is 0.496 e. The number of methoxy groups -OCH3 is 1. The average Bonchev–Trinajstić information content (AvgIpc) is 2.77. The Bertz CT molecular complexity index is 752. The molecule has 0 aliphatic rings. The van der Waals surface area contributed by atoms with Crippen molar-refractivity contribution in [2.75, 3.05) is 7.11 Å². The second-order valence-electron chi connectivity index (χ2n) is 4.25. The summed E-state index contributed by atoms with van der Waals surface area (Å²) < 4.78 is 8.16. The van der Waals surface area contributed by atoms with Crippen molar-refractivity contribution in [3.63, 3.8) is 0 Å². The first kappa shape index (κ1) is 12.2. The van der Waals surface area contributed by atoms with Gasteiger partial charge in [0.05, 0.1) is 24.7 Å². The van der Waals surface area contributed by atoms with Gasteiger partial charge in [0.2, 0.25) is 0 Å². The number of hydrogen-bond donors (Lipinski definition) is 0. The summed E-state index contributed by atoms with van der Waals surface area (Å²) in [5, 5.41) is 4.57. The molecule has 0 bridgehead atoms. The highest BCUT2D eigenvalue weighted by atomic mass is 79.9. The molecular weight excluding hydrogens is 306 g/mol. The lowest BCUT2D eigenvalue weighted by atomic mass is 10.1. The van der Waals surface area contributed by atoms with Crippen molar-refractivity contribution in [3.05, 3.63) is 46.7 Å². The van der Waals surface area contributed by atoms with Gasteiger partial charge in [0.25, 0.3) is 0 Å². The number of nitrogens with zero attached hydrogens (tertiary/aromatic N) is 3. The maximum absolute atomic E-state index is 5.39. The Hall–Kier alpha value is -1.88. The van der Waals surface area contributed by atoms with Crippen LogP contribution < -0.4 is 4.74 Å². The molecule has 0 aliphatic carbocycles. The van der Waals surface area contributed by atoms with Crippen LogP contribution in [0.15, 0.2) is 41.0 Å². The van der Waals surface area contributed by atoms with E-state index in [1.807, 2.05) is 43.5 Å². The Morgan fingerprint density at radius 2 is 2.05 bits per heavy atom. The van der Waals surface area contributed by atoms with Crippen molar-refractivity contribution in [2.24, 2.45) is 0 Å². The molecule has 2 heterocycles. The Morgan fingerprint density at radius 3 is 2.84 bits per heavy atom. The Labute approximate surface area is 119 Å². The van der Waals surface area contributed by atoms with Crippen LogP contribution in [0.25, 0.3) is 16.9 Å². The fraction of sp³-hybridized carbons (Fsp3) is 0.143. The van der Waals surface area contributed by atoms with E-state index in [1.165, 1.54) is 0 Å². The molecule has 0 unspecified atom stereocenters. The third kappa shape index (κ3) is 2.21. The van der Waals surface area contributed by atoms with Gasteiger partial charge in [0.1, 0.15) is 5.75 Å². The van der Waals surface area contributed by atoms with Crippen LogP contribution in [0, 0.1) is 6.92 Å². The molecule has 0 N–H and O–H groups in total. The second kappa shape index (κ2) is 4.66. The van der Waals surface area contributed by atoms with E-state index in [-0.39, 0.29) is 0 Å². The number of hydrogen-bond acceptors (Lipinski definition) is 3. The van der Waals surface area contributed by atoms with Gasteiger partial charge in [-0.25, -0.2) is 9.50 Å². The van der Waals surface area contributed by atoms with Gasteiger partial charge in [-0.15, -0.1) is 0 Å². The average molecular weight is 318 g/mol. The normalized spacial score (nSPS) is 10.9. The van der Waals surface area contributed by atoms with Crippen LogP contribution in [-0.4, -0.2) is 21.7 Å². The van der Waals surface area contributed by atoms with Crippen molar-refractivity contribution < 1.29 is 4.74 Å². The molecule has 0 fully saturated rings. The number of fused-ring (bicyclic) bond motifs is 1. The lowest BCUT2D eigenvalue weighted by molar-refractivity contribution is 0.416. The molecule has 0 radical (unpaired) electrons. The van der Waals surface area contributed by atoms with E-state index < -0.39 is 0 Å². The van der Waals surface area contributed by atoms with Crippen LogP contribution in [0.4, 0.5) is 0 Å². The maximum atomic E-state index is 5.39. The van der Waals surface area contributed by atoms with Gasteiger partial charge in [-0.2, -0.15) is 5.10 Å². The molecule has 3 rings (SSSR count). The number of halogens is 1. The number of benzene rings is 1. The molecule has 0 spiro atoms. The van der Waals surface area contributed by atoms with Crippen LogP contribution in [-0.2, 0) is 0 Å². The van der Waals surface area contributed by atoms with Crippen LogP contribution in [0.1, 0.15) is 5.69 Å². The Balaban J connectivity index is 2.20. The van der Waals surface area contributed by atoms with Crippen molar-refractivity contribution in [2.45, 2.75) is 6.92 Å². The highest BCUT2D eigenvalue weighted by Crippen LogP contribution is 2.31. The van der Waals surface area contributed by atoms with E-state index in [1.54, 1.807) is 11.6 Å². The maximum Gasteiger partial charge on any atom is 0.153 e. The lowest BCUT2D eigenvalue weighted by Gasteiger charge is -2.08. The highest BCUT2D eigenvalue weighted by molar-refractivity contribution is 9.10. The van der Waals surface area contributed by atoms with E-state index in [0.717, 1.165) is 32.8 Å². The summed E-state index contributed by atoms with van der Waals surface area (Å²) in [4.78, 5) is 4.37. The smallest absolute Gasteiger partial charge is 0.153 e. The molecular formula is C14H12BrN3O. The summed E-state index contributed by atoms with van der Waals surface area (Å²) in [7, 11) is 1.66. The second-order valence-corrected chi connectivity index (χ2v) is 5.16. The quantitative estimate of drug-likeness (QED) is 0.726. The van der Waals surface area contributed by atoms with Gasteiger partial charge in [-0.3, -0.25) is 0 Å². The molecule has 5 heteroatoms. The summed E-state index contributed by atoms with van der Waals surface area (Å²) >= 11 is 3.47. The predicted molar refractivity (Wildman–Crippen MR) is 77.4 cm³/mol. The highest BCUT2D eigenvalue weighted by Gasteiger charge is 2.09. The molecule has 3 aromatic rings. The Kier molecular flexibility index (Phi) is 2.98. The molecule has 0 amide bonds. The monoisotopic (exact) mass is 317 g/mol. The fourth-order valence-electron chi connectivity index (χ4n) is 2.02. The van der Waals surface area contributed by atoms with Gasteiger partial charge >= 0.3 is 0 Å². The summed E-state index contributed by atoms with van der Waals surface area (Å²) in [6.45, 7) is 1.95. The van der Waals surface area contributed by atoms with Crippen molar-refractivity contribution in [1.82, 2.24) is 14.6 Å². The zero-order valence-electron chi connectivity index (χ0n) is 10.6. The number of rotatable bonds is 2. The lowest BCUT2D eigenvalue weighted by Crippen LogP contribution is -1.95. The molecule has 2 aromatic heterocycles. The van der Waals surface area contributed by atoms with E-state index >= 15 is 0 Å². The van der Waals surface area contributed by atoms with Crippen LogP contribution in [0.5, 0.6) is 5.75 Å². The number of imidazole rings is 1. The van der Waals surface area contributed by atoms with E-state index in [4.69, 9.17) is 4.74 Å². The number of ether oxygens (including phenoxy) is 1. The van der Waals surface area contributed by atoms with E-state index in [9.17, 15) is 0 Å². The predicted octanol–water partition coefficient (Wildman–Crippen LogP) is 3.48. The van der Waals surface area contributed by atoms with Crippen molar-refractivity contribution in [3.8, 4) is 17.0 Å². The molecule has 19 heavy (non-hydrogen) atoms. The minimum Gasteiger partial charge on any atom is -0.496 e. The van der Waals surface area contributed by atoms with Crippen molar-refractivity contribution in [1.29, 1.82) is 0 Å². The fourth-order valence-corrected chi connectivity index (χ4v) is 2.39. The summed E-state index contributed by atoms with van der Waals surface area (Å²) in [6, 6.07) is 9.77. The zero-order chi connectivity index (χ0) is 13.4. The van der Waals surface area contributed by atoms with Gasteiger partial charge in [-0.05, 0) is 37.3 Å². The molecule has 0 aliphatic heterocycles. The Morgan fingerprint density at radius 1 is 1.21 bits per heavy atom. The molecule has 1 aromatic carbocycles.